The van der Waals surface area contributed by atoms with E-state index in [2.05, 4.69) is 12.2 Å². The van der Waals surface area contributed by atoms with Crippen LogP contribution in [-0.2, 0) is 4.79 Å². The zero-order valence-corrected chi connectivity index (χ0v) is 11.0. The first kappa shape index (κ1) is 12.8. The molecule has 0 radical (unpaired) electrons. The number of carbonyl (C=O) groups is 1. The van der Waals surface area contributed by atoms with E-state index in [-0.39, 0.29) is 5.91 Å². The number of carbonyl (C=O) groups excluding carboxylic acids is 1. The van der Waals surface area contributed by atoms with Gasteiger partial charge in [-0.3, -0.25) is 4.79 Å². The molecule has 0 spiro atoms. The molecule has 0 bridgehead atoms. The summed E-state index contributed by atoms with van der Waals surface area (Å²) in [5.41, 5.74) is -0.426. The maximum atomic E-state index is 12.3. The summed E-state index contributed by atoms with van der Waals surface area (Å²) in [5, 5.41) is 3.24. The van der Waals surface area contributed by atoms with E-state index in [9.17, 15) is 4.79 Å². The highest BCUT2D eigenvalue weighted by molar-refractivity contribution is 7.99. The average Bonchev–Trinajstić information content (AvgIpc) is 2.17. The van der Waals surface area contributed by atoms with Crippen molar-refractivity contribution in [3.8, 4) is 0 Å². The molecule has 1 rings (SSSR count). The van der Waals surface area contributed by atoms with Crippen LogP contribution in [0.2, 0.25) is 0 Å². The van der Waals surface area contributed by atoms with Crippen LogP contribution in [0.4, 0.5) is 0 Å². The highest BCUT2D eigenvalue weighted by Crippen LogP contribution is 2.19. The van der Waals surface area contributed by atoms with Gasteiger partial charge in [0.2, 0.25) is 5.91 Å². The number of thioether (sulfide) groups is 1. The average molecular weight is 230 g/mol. The molecule has 0 aromatic carbocycles. The van der Waals surface area contributed by atoms with Gasteiger partial charge in [-0.1, -0.05) is 6.92 Å². The van der Waals surface area contributed by atoms with Crippen molar-refractivity contribution in [3.05, 3.63) is 0 Å². The van der Waals surface area contributed by atoms with Gasteiger partial charge >= 0.3 is 0 Å². The summed E-state index contributed by atoms with van der Waals surface area (Å²) < 4.78 is 0. The van der Waals surface area contributed by atoms with E-state index in [4.69, 9.17) is 0 Å². The molecular formula is C11H22N2OS. The monoisotopic (exact) mass is 230 g/mol. The molecule has 1 atom stereocenters. The second-order valence-corrected chi connectivity index (χ2v) is 5.73. The minimum Gasteiger partial charge on any atom is -0.337 e. The standard InChI is InChI=1S/C11H22N2OS/c1-5-12-11(3,4)10(14)13-6-7-15-8-9(13)2/h9,12H,5-8H2,1-4H3. The van der Waals surface area contributed by atoms with Crippen molar-refractivity contribution in [1.29, 1.82) is 0 Å². The van der Waals surface area contributed by atoms with Crippen LogP contribution < -0.4 is 5.32 Å². The molecular weight excluding hydrogens is 208 g/mol. The van der Waals surface area contributed by atoms with Gasteiger partial charge in [0, 0.05) is 24.1 Å². The predicted octanol–water partition coefficient (Wildman–Crippen LogP) is 1.34. The van der Waals surface area contributed by atoms with E-state index in [1.54, 1.807) is 0 Å². The second kappa shape index (κ2) is 5.21. The zero-order valence-electron chi connectivity index (χ0n) is 10.2. The van der Waals surface area contributed by atoms with Crippen LogP contribution in [0.15, 0.2) is 0 Å². The van der Waals surface area contributed by atoms with Crippen molar-refractivity contribution < 1.29 is 4.79 Å². The van der Waals surface area contributed by atoms with E-state index in [1.165, 1.54) is 0 Å². The Bertz CT molecular complexity index is 231. The minimum atomic E-state index is -0.426. The molecule has 1 aliphatic rings. The summed E-state index contributed by atoms with van der Waals surface area (Å²) in [6.07, 6.45) is 0. The van der Waals surface area contributed by atoms with Crippen LogP contribution in [0.5, 0.6) is 0 Å². The summed E-state index contributed by atoms with van der Waals surface area (Å²) in [7, 11) is 0. The van der Waals surface area contributed by atoms with E-state index in [0.29, 0.717) is 6.04 Å². The van der Waals surface area contributed by atoms with Crippen LogP contribution in [0.1, 0.15) is 27.7 Å². The number of rotatable bonds is 3. The Morgan fingerprint density at radius 3 is 2.80 bits per heavy atom. The first-order valence-electron chi connectivity index (χ1n) is 5.63. The quantitative estimate of drug-likeness (QED) is 0.794. The molecule has 0 aromatic rings. The van der Waals surface area contributed by atoms with Gasteiger partial charge in [-0.25, -0.2) is 0 Å². The number of hydrogen-bond donors (Lipinski definition) is 1. The molecule has 0 aliphatic carbocycles. The third kappa shape index (κ3) is 3.11. The third-order valence-electron chi connectivity index (χ3n) is 2.78. The topological polar surface area (TPSA) is 32.3 Å². The lowest BCUT2D eigenvalue weighted by Crippen LogP contribution is -2.58. The minimum absolute atomic E-state index is 0.233. The van der Waals surface area contributed by atoms with Gasteiger partial charge in [-0.2, -0.15) is 11.8 Å². The fourth-order valence-electron chi connectivity index (χ4n) is 1.91. The molecule has 1 fully saturated rings. The summed E-state index contributed by atoms with van der Waals surface area (Å²) >= 11 is 1.93. The Hall–Kier alpha value is -0.220. The first-order chi connectivity index (χ1) is 6.99. The second-order valence-electron chi connectivity index (χ2n) is 4.58. The molecule has 3 nitrogen and oxygen atoms in total. The molecule has 1 saturated heterocycles. The Morgan fingerprint density at radius 2 is 2.27 bits per heavy atom. The van der Waals surface area contributed by atoms with Gasteiger partial charge in [0.15, 0.2) is 0 Å². The maximum absolute atomic E-state index is 12.3. The van der Waals surface area contributed by atoms with Crippen molar-refractivity contribution in [3.63, 3.8) is 0 Å². The van der Waals surface area contributed by atoms with Crippen LogP contribution in [0.25, 0.3) is 0 Å². The number of hydrogen-bond acceptors (Lipinski definition) is 3. The lowest BCUT2D eigenvalue weighted by atomic mass is 10.0. The lowest BCUT2D eigenvalue weighted by molar-refractivity contribution is -0.138. The number of nitrogens with zero attached hydrogens (tertiary/aromatic N) is 1. The van der Waals surface area contributed by atoms with E-state index in [1.807, 2.05) is 37.4 Å². The van der Waals surface area contributed by atoms with E-state index < -0.39 is 5.54 Å². The third-order valence-corrected chi connectivity index (χ3v) is 3.97. The van der Waals surface area contributed by atoms with E-state index in [0.717, 1.165) is 24.6 Å². The van der Waals surface area contributed by atoms with Crippen molar-refractivity contribution in [2.75, 3.05) is 24.6 Å². The molecule has 4 heteroatoms. The number of likely N-dealkylation sites (N-methyl/N-ethyl adjacent to an activating group) is 1. The van der Waals surface area contributed by atoms with Crippen molar-refractivity contribution in [1.82, 2.24) is 10.2 Å². The van der Waals surface area contributed by atoms with Crippen LogP contribution >= 0.6 is 11.8 Å². The van der Waals surface area contributed by atoms with Crippen molar-refractivity contribution >= 4 is 17.7 Å². The lowest BCUT2D eigenvalue weighted by Gasteiger charge is -2.38. The van der Waals surface area contributed by atoms with Crippen LogP contribution in [0.3, 0.4) is 0 Å². The SMILES string of the molecule is CCNC(C)(C)C(=O)N1CCSCC1C. The zero-order chi connectivity index (χ0) is 11.5. The highest BCUT2D eigenvalue weighted by Gasteiger charge is 2.34. The molecule has 1 unspecified atom stereocenters. The number of nitrogens with one attached hydrogen (secondary N) is 1. The molecule has 1 heterocycles. The van der Waals surface area contributed by atoms with Crippen molar-refractivity contribution in [2.45, 2.75) is 39.3 Å². The smallest absolute Gasteiger partial charge is 0.242 e. The van der Waals surface area contributed by atoms with Gasteiger partial charge in [0.25, 0.3) is 0 Å². The predicted molar refractivity (Wildman–Crippen MR) is 66.3 cm³/mol. The molecule has 0 saturated carbocycles. The highest BCUT2D eigenvalue weighted by atomic mass is 32.2. The molecule has 0 aromatic heterocycles. The van der Waals surface area contributed by atoms with Gasteiger partial charge in [0.1, 0.15) is 0 Å². The molecule has 1 aliphatic heterocycles. The van der Waals surface area contributed by atoms with Gasteiger partial charge < -0.3 is 10.2 Å². The maximum Gasteiger partial charge on any atom is 0.242 e. The largest absolute Gasteiger partial charge is 0.337 e. The van der Waals surface area contributed by atoms with E-state index >= 15 is 0 Å². The molecule has 1 amide bonds. The first-order valence-corrected chi connectivity index (χ1v) is 6.78. The summed E-state index contributed by atoms with van der Waals surface area (Å²) in [6.45, 7) is 9.81. The van der Waals surface area contributed by atoms with Gasteiger partial charge in [-0.15, -0.1) is 0 Å². The summed E-state index contributed by atoms with van der Waals surface area (Å²) in [6, 6.07) is 0.370. The fraction of sp³-hybridized carbons (Fsp3) is 0.909. The summed E-state index contributed by atoms with van der Waals surface area (Å²) in [4.78, 5) is 14.3. The van der Waals surface area contributed by atoms with Gasteiger partial charge in [0.05, 0.1) is 5.54 Å². The summed E-state index contributed by atoms with van der Waals surface area (Å²) in [5.74, 6) is 2.36. The molecule has 15 heavy (non-hydrogen) atoms. The Kier molecular flexibility index (Phi) is 4.46. The molecule has 88 valence electrons. The number of amides is 1. The van der Waals surface area contributed by atoms with Crippen molar-refractivity contribution in [2.24, 2.45) is 0 Å². The Labute approximate surface area is 97.0 Å². The molecule has 1 N–H and O–H groups in total. The van der Waals surface area contributed by atoms with Crippen LogP contribution in [0, 0.1) is 0 Å². The Balaban J connectivity index is 2.65. The Morgan fingerprint density at radius 1 is 1.60 bits per heavy atom. The normalized spacial score (nSPS) is 22.9. The van der Waals surface area contributed by atoms with Gasteiger partial charge in [-0.05, 0) is 27.3 Å². The fourth-order valence-corrected chi connectivity index (χ4v) is 2.92. The van der Waals surface area contributed by atoms with Crippen LogP contribution in [-0.4, -0.2) is 47.0 Å².